The Bertz CT molecular complexity index is 493. The average molecular weight is 248 g/mol. The quantitative estimate of drug-likeness (QED) is 0.834. The van der Waals surface area contributed by atoms with E-state index in [1.54, 1.807) is 11.3 Å². The lowest BCUT2D eigenvalue weighted by Gasteiger charge is -2.24. The minimum atomic E-state index is -0.345. The number of hydrogen-bond acceptors (Lipinski definition) is 3. The van der Waals surface area contributed by atoms with Gasteiger partial charge in [0.1, 0.15) is 0 Å². The third-order valence-electron chi connectivity index (χ3n) is 2.90. The Hall–Kier alpha value is -0.930. The highest BCUT2D eigenvalue weighted by Crippen LogP contribution is 2.36. The largest absolute Gasteiger partial charge is 0.322 e. The van der Waals surface area contributed by atoms with Crippen LogP contribution in [0.1, 0.15) is 45.9 Å². The van der Waals surface area contributed by atoms with Crippen LogP contribution in [-0.4, -0.2) is 4.98 Å². The fourth-order valence-electron chi connectivity index (χ4n) is 2.01. The zero-order valence-corrected chi connectivity index (χ0v) is 12.0. The Morgan fingerprint density at radius 1 is 1.18 bits per heavy atom. The topological polar surface area (TPSA) is 38.9 Å². The Balaban J connectivity index is 2.76. The monoisotopic (exact) mass is 248 g/mol. The molecule has 0 spiro atoms. The summed E-state index contributed by atoms with van der Waals surface area (Å²) >= 11 is 1.75. The van der Waals surface area contributed by atoms with Gasteiger partial charge in [0.25, 0.3) is 0 Å². The van der Waals surface area contributed by atoms with Gasteiger partial charge in [-0.15, -0.1) is 11.3 Å². The first-order valence-electron chi connectivity index (χ1n) is 5.87. The van der Waals surface area contributed by atoms with Crippen molar-refractivity contribution < 1.29 is 0 Å². The molecule has 0 unspecified atom stereocenters. The van der Waals surface area contributed by atoms with Gasteiger partial charge in [-0.1, -0.05) is 20.8 Å². The third-order valence-corrected chi connectivity index (χ3v) is 3.82. The molecule has 0 aliphatic carbocycles. The van der Waals surface area contributed by atoms with Crippen LogP contribution in [0.15, 0.2) is 17.6 Å². The molecule has 2 N–H and O–H groups in total. The summed E-state index contributed by atoms with van der Waals surface area (Å²) in [6.45, 7) is 10.6. The maximum absolute atomic E-state index is 6.21. The summed E-state index contributed by atoms with van der Waals surface area (Å²) in [6, 6.07) is 2.15. The van der Waals surface area contributed by atoms with Gasteiger partial charge in [0.05, 0.1) is 10.4 Å². The Morgan fingerprint density at radius 2 is 1.82 bits per heavy atom. The molecule has 0 bridgehead atoms. The van der Waals surface area contributed by atoms with E-state index in [0.717, 1.165) is 11.3 Å². The number of fused-ring (bicyclic) bond motifs is 1. The van der Waals surface area contributed by atoms with E-state index >= 15 is 0 Å². The molecule has 0 saturated heterocycles. The number of thiophene rings is 1. The van der Waals surface area contributed by atoms with Crippen LogP contribution in [0.5, 0.6) is 0 Å². The van der Waals surface area contributed by atoms with Crippen LogP contribution in [-0.2, 0) is 11.0 Å². The van der Waals surface area contributed by atoms with Crippen molar-refractivity contribution in [2.24, 2.45) is 5.73 Å². The van der Waals surface area contributed by atoms with Crippen molar-refractivity contribution in [1.82, 2.24) is 4.98 Å². The highest BCUT2D eigenvalue weighted by atomic mass is 32.1. The summed E-state index contributed by atoms with van der Waals surface area (Å²) in [5, 5.41) is 3.37. The molecule has 2 aromatic rings. The lowest BCUT2D eigenvalue weighted by molar-refractivity contribution is 0.549. The number of nitrogens with two attached hydrogens (primary N) is 1. The van der Waals surface area contributed by atoms with E-state index in [1.807, 2.05) is 20.0 Å². The Kier molecular flexibility index (Phi) is 2.79. The van der Waals surface area contributed by atoms with E-state index in [2.05, 4.69) is 37.2 Å². The van der Waals surface area contributed by atoms with Gasteiger partial charge in [0.15, 0.2) is 0 Å². The molecule has 2 nitrogen and oxygen atoms in total. The molecule has 0 aromatic carbocycles. The second kappa shape index (κ2) is 3.79. The molecule has 0 atom stereocenters. The van der Waals surface area contributed by atoms with E-state index in [1.165, 1.54) is 10.1 Å². The molecule has 0 aliphatic rings. The summed E-state index contributed by atoms with van der Waals surface area (Å²) in [6.07, 6.45) is 1.94. The van der Waals surface area contributed by atoms with Crippen LogP contribution in [0.3, 0.4) is 0 Å². The molecule has 17 heavy (non-hydrogen) atoms. The maximum Gasteiger partial charge on any atom is 0.0635 e. The van der Waals surface area contributed by atoms with Crippen molar-refractivity contribution in [3.8, 4) is 0 Å². The number of hydrogen-bond donors (Lipinski definition) is 1. The molecule has 0 fully saturated rings. The lowest BCUT2D eigenvalue weighted by atomic mass is 9.88. The van der Waals surface area contributed by atoms with E-state index in [4.69, 9.17) is 5.73 Å². The van der Waals surface area contributed by atoms with Crippen molar-refractivity contribution in [3.63, 3.8) is 0 Å². The van der Waals surface area contributed by atoms with Crippen molar-refractivity contribution in [3.05, 3.63) is 28.9 Å². The molecular weight excluding hydrogens is 228 g/mol. The SMILES string of the molecule is CC(C)(C)c1ncc(C(C)(C)N)c2ccsc12. The summed E-state index contributed by atoms with van der Waals surface area (Å²) in [5.41, 5.74) is 8.22. The van der Waals surface area contributed by atoms with Gasteiger partial charge in [0.2, 0.25) is 0 Å². The van der Waals surface area contributed by atoms with Crippen LogP contribution < -0.4 is 5.73 Å². The highest BCUT2D eigenvalue weighted by Gasteiger charge is 2.24. The van der Waals surface area contributed by atoms with Gasteiger partial charge in [-0.05, 0) is 30.9 Å². The lowest BCUT2D eigenvalue weighted by Crippen LogP contribution is -2.29. The second-order valence-corrected chi connectivity index (χ2v) is 7.07. The predicted molar refractivity (Wildman–Crippen MR) is 75.5 cm³/mol. The molecule has 2 aromatic heterocycles. The normalized spacial score (nSPS) is 13.3. The van der Waals surface area contributed by atoms with Crippen molar-refractivity contribution in [1.29, 1.82) is 0 Å². The summed E-state index contributed by atoms with van der Waals surface area (Å²) in [5.74, 6) is 0. The van der Waals surface area contributed by atoms with Crippen LogP contribution in [0.2, 0.25) is 0 Å². The fraction of sp³-hybridized carbons (Fsp3) is 0.500. The van der Waals surface area contributed by atoms with Crippen molar-refractivity contribution in [2.45, 2.75) is 45.6 Å². The van der Waals surface area contributed by atoms with Gasteiger partial charge < -0.3 is 5.73 Å². The number of nitrogens with zero attached hydrogens (tertiary/aromatic N) is 1. The van der Waals surface area contributed by atoms with Crippen molar-refractivity contribution in [2.75, 3.05) is 0 Å². The molecule has 0 aliphatic heterocycles. The second-order valence-electron chi connectivity index (χ2n) is 6.16. The molecule has 0 radical (unpaired) electrons. The van der Waals surface area contributed by atoms with Crippen molar-refractivity contribution >= 4 is 21.4 Å². The van der Waals surface area contributed by atoms with Gasteiger partial charge in [-0.2, -0.15) is 0 Å². The van der Waals surface area contributed by atoms with Gasteiger partial charge in [-0.3, -0.25) is 4.98 Å². The molecule has 2 rings (SSSR count). The van der Waals surface area contributed by atoms with Crippen LogP contribution in [0.4, 0.5) is 0 Å². The molecule has 3 heteroatoms. The van der Waals surface area contributed by atoms with Crippen LogP contribution >= 0.6 is 11.3 Å². The highest BCUT2D eigenvalue weighted by molar-refractivity contribution is 7.17. The van der Waals surface area contributed by atoms with E-state index in [-0.39, 0.29) is 11.0 Å². The Morgan fingerprint density at radius 3 is 2.35 bits per heavy atom. The standard InChI is InChI=1S/C14H20N2S/c1-13(2,3)12-11-9(6-7-17-11)10(8-16-12)14(4,5)15/h6-8H,15H2,1-5H3. The average Bonchev–Trinajstić information content (AvgIpc) is 2.60. The fourth-order valence-corrected chi connectivity index (χ4v) is 3.13. The summed E-state index contributed by atoms with van der Waals surface area (Å²) in [7, 11) is 0. The minimum absolute atomic E-state index is 0.0698. The smallest absolute Gasteiger partial charge is 0.0635 e. The number of pyridine rings is 1. The molecule has 92 valence electrons. The van der Waals surface area contributed by atoms with Gasteiger partial charge >= 0.3 is 0 Å². The summed E-state index contributed by atoms with van der Waals surface area (Å²) in [4.78, 5) is 4.65. The van der Waals surface area contributed by atoms with E-state index < -0.39 is 0 Å². The van der Waals surface area contributed by atoms with E-state index in [0.29, 0.717) is 0 Å². The molecular formula is C14H20N2S. The molecule has 0 saturated carbocycles. The third kappa shape index (κ3) is 2.22. The molecule has 0 amide bonds. The summed E-state index contributed by atoms with van der Waals surface area (Å²) < 4.78 is 1.27. The number of rotatable bonds is 1. The zero-order valence-electron chi connectivity index (χ0n) is 11.2. The minimum Gasteiger partial charge on any atom is -0.322 e. The van der Waals surface area contributed by atoms with Gasteiger partial charge in [0, 0.05) is 22.5 Å². The maximum atomic E-state index is 6.21. The van der Waals surface area contributed by atoms with Crippen LogP contribution in [0.25, 0.3) is 10.1 Å². The van der Waals surface area contributed by atoms with Gasteiger partial charge in [-0.25, -0.2) is 0 Å². The van der Waals surface area contributed by atoms with Crippen LogP contribution in [0, 0.1) is 0 Å². The Labute approximate surface area is 107 Å². The first-order valence-corrected chi connectivity index (χ1v) is 6.75. The number of aromatic nitrogens is 1. The first kappa shape index (κ1) is 12.5. The predicted octanol–water partition coefficient (Wildman–Crippen LogP) is 3.79. The zero-order chi connectivity index (χ0) is 12.8. The first-order chi connectivity index (χ1) is 7.71. The van der Waals surface area contributed by atoms with E-state index in [9.17, 15) is 0 Å². The molecule has 2 heterocycles.